The van der Waals surface area contributed by atoms with Gasteiger partial charge in [-0.15, -0.1) is 0 Å². The number of pyridine rings is 2. The minimum atomic E-state index is 0.0560. The van der Waals surface area contributed by atoms with Gasteiger partial charge in [-0.2, -0.15) is 0 Å². The highest BCUT2D eigenvalue weighted by molar-refractivity contribution is 5.06. The van der Waals surface area contributed by atoms with Gasteiger partial charge in [0, 0.05) is 32.0 Å². The molecule has 2 aromatic rings. The van der Waals surface area contributed by atoms with Gasteiger partial charge in [-0.05, 0) is 24.3 Å². The molecule has 0 saturated carbocycles. The smallest absolute Gasteiger partial charge is 0.0698 e. The Labute approximate surface area is 125 Å². The lowest BCUT2D eigenvalue weighted by Crippen LogP contribution is -2.28. The Kier molecular flexibility index (Phi) is 6.80. The van der Waals surface area contributed by atoms with Crippen LogP contribution in [-0.4, -0.2) is 46.3 Å². The fourth-order valence-electron chi connectivity index (χ4n) is 2.02. The lowest BCUT2D eigenvalue weighted by molar-refractivity contribution is 0.0697. The van der Waals surface area contributed by atoms with Gasteiger partial charge in [0.05, 0.1) is 31.2 Å². The molecule has 0 aliphatic heterocycles. The molecule has 0 fully saturated rings. The molecule has 2 heterocycles. The number of hydrogen-bond acceptors (Lipinski definition) is 5. The number of aliphatic hydroxyl groups is 1. The summed E-state index contributed by atoms with van der Waals surface area (Å²) in [5, 5.41) is 8.74. The summed E-state index contributed by atoms with van der Waals surface area (Å²) in [5.74, 6) is 0. The molecule has 0 radical (unpaired) electrons. The molecule has 0 aromatic carbocycles. The Morgan fingerprint density at radius 3 is 2.00 bits per heavy atom. The first-order valence-corrected chi connectivity index (χ1v) is 7.09. The first-order chi connectivity index (χ1) is 10.4. The van der Waals surface area contributed by atoms with Crippen LogP contribution in [0.25, 0.3) is 0 Å². The number of ether oxygens (including phenoxy) is 1. The van der Waals surface area contributed by atoms with Gasteiger partial charge < -0.3 is 9.84 Å². The van der Waals surface area contributed by atoms with Crippen LogP contribution in [0.3, 0.4) is 0 Å². The van der Waals surface area contributed by atoms with Crippen molar-refractivity contribution in [2.75, 3.05) is 26.4 Å². The highest BCUT2D eigenvalue weighted by Gasteiger charge is 2.08. The Hall–Kier alpha value is -1.82. The van der Waals surface area contributed by atoms with Gasteiger partial charge in [-0.3, -0.25) is 14.9 Å². The van der Waals surface area contributed by atoms with E-state index in [-0.39, 0.29) is 6.61 Å². The highest BCUT2D eigenvalue weighted by Crippen LogP contribution is 2.06. The Balaban J connectivity index is 1.93. The van der Waals surface area contributed by atoms with E-state index >= 15 is 0 Å². The van der Waals surface area contributed by atoms with Crippen molar-refractivity contribution in [1.29, 1.82) is 0 Å². The summed E-state index contributed by atoms with van der Waals surface area (Å²) in [4.78, 5) is 11.0. The molecule has 112 valence electrons. The molecule has 2 rings (SSSR count). The van der Waals surface area contributed by atoms with E-state index < -0.39 is 0 Å². The molecular weight excluding hydrogens is 266 g/mol. The minimum Gasteiger partial charge on any atom is -0.394 e. The number of hydrogen-bond donors (Lipinski definition) is 1. The molecule has 0 spiro atoms. The molecule has 21 heavy (non-hydrogen) atoms. The topological polar surface area (TPSA) is 58.5 Å². The second-order valence-corrected chi connectivity index (χ2v) is 4.69. The molecule has 0 saturated heterocycles. The highest BCUT2D eigenvalue weighted by atomic mass is 16.5. The van der Waals surface area contributed by atoms with Crippen LogP contribution in [0.4, 0.5) is 0 Å². The number of aromatic nitrogens is 2. The predicted octanol–water partition coefficient (Wildman–Crippen LogP) is 1.49. The van der Waals surface area contributed by atoms with Crippen LogP contribution in [0.5, 0.6) is 0 Å². The van der Waals surface area contributed by atoms with E-state index in [9.17, 15) is 0 Å². The van der Waals surface area contributed by atoms with Crippen molar-refractivity contribution in [2.45, 2.75) is 13.1 Å². The van der Waals surface area contributed by atoms with E-state index in [0.717, 1.165) is 31.0 Å². The molecule has 2 aromatic heterocycles. The first-order valence-electron chi connectivity index (χ1n) is 7.09. The molecule has 0 unspecified atom stereocenters. The fraction of sp³-hybridized carbons (Fsp3) is 0.375. The first kappa shape index (κ1) is 15.6. The van der Waals surface area contributed by atoms with Gasteiger partial charge in [0.25, 0.3) is 0 Å². The van der Waals surface area contributed by atoms with Crippen molar-refractivity contribution in [3.63, 3.8) is 0 Å². The zero-order valence-corrected chi connectivity index (χ0v) is 12.1. The Morgan fingerprint density at radius 2 is 1.52 bits per heavy atom. The van der Waals surface area contributed by atoms with Crippen molar-refractivity contribution in [2.24, 2.45) is 0 Å². The summed E-state index contributed by atoms with van der Waals surface area (Å²) in [6.07, 6.45) is 3.60. The maximum absolute atomic E-state index is 8.74. The Bertz CT molecular complexity index is 452. The zero-order valence-electron chi connectivity index (χ0n) is 12.1. The van der Waals surface area contributed by atoms with Gasteiger partial charge in [0.15, 0.2) is 0 Å². The average Bonchev–Trinajstić information content (AvgIpc) is 2.53. The van der Waals surface area contributed by atoms with E-state index in [4.69, 9.17) is 9.84 Å². The number of nitrogens with zero attached hydrogens (tertiary/aromatic N) is 3. The van der Waals surface area contributed by atoms with Crippen LogP contribution in [-0.2, 0) is 17.8 Å². The summed E-state index contributed by atoms with van der Waals surface area (Å²) in [5.41, 5.74) is 2.05. The van der Waals surface area contributed by atoms with Gasteiger partial charge in [-0.1, -0.05) is 12.1 Å². The summed E-state index contributed by atoms with van der Waals surface area (Å²) in [6, 6.07) is 11.8. The third-order valence-electron chi connectivity index (χ3n) is 3.01. The molecule has 5 nitrogen and oxygen atoms in total. The van der Waals surface area contributed by atoms with Gasteiger partial charge >= 0.3 is 0 Å². The minimum absolute atomic E-state index is 0.0560. The lowest BCUT2D eigenvalue weighted by atomic mass is 10.3. The zero-order chi connectivity index (χ0) is 14.8. The lowest BCUT2D eigenvalue weighted by Gasteiger charge is -2.21. The molecule has 5 heteroatoms. The summed E-state index contributed by atoms with van der Waals surface area (Å²) < 4.78 is 5.36. The van der Waals surface area contributed by atoms with Crippen molar-refractivity contribution >= 4 is 0 Å². The van der Waals surface area contributed by atoms with Gasteiger partial charge in [0.1, 0.15) is 0 Å². The van der Waals surface area contributed by atoms with Crippen LogP contribution in [0, 0.1) is 0 Å². The predicted molar refractivity (Wildman–Crippen MR) is 80.5 cm³/mol. The Morgan fingerprint density at radius 1 is 0.905 bits per heavy atom. The summed E-state index contributed by atoms with van der Waals surface area (Å²) in [6.45, 7) is 3.29. The molecule has 0 atom stereocenters. The molecule has 1 N–H and O–H groups in total. The van der Waals surface area contributed by atoms with Gasteiger partial charge in [0.2, 0.25) is 0 Å². The SMILES string of the molecule is OCCOCCN(Cc1ccccn1)Cc1ccccn1. The van der Waals surface area contributed by atoms with Crippen LogP contribution in [0.15, 0.2) is 48.8 Å². The molecular formula is C16H21N3O2. The van der Waals surface area contributed by atoms with Crippen LogP contribution < -0.4 is 0 Å². The van der Waals surface area contributed by atoms with Crippen LogP contribution in [0.2, 0.25) is 0 Å². The van der Waals surface area contributed by atoms with E-state index in [1.165, 1.54) is 0 Å². The van der Waals surface area contributed by atoms with Crippen molar-refractivity contribution in [1.82, 2.24) is 14.9 Å². The largest absolute Gasteiger partial charge is 0.394 e. The van der Waals surface area contributed by atoms with Crippen molar-refractivity contribution < 1.29 is 9.84 Å². The van der Waals surface area contributed by atoms with E-state index in [0.29, 0.717) is 13.2 Å². The molecule has 0 aliphatic carbocycles. The third-order valence-corrected chi connectivity index (χ3v) is 3.01. The van der Waals surface area contributed by atoms with Crippen LogP contribution in [0.1, 0.15) is 11.4 Å². The van der Waals surface area contributed by atoms with E-state index in [2.05, 4.69) is 14.9 Å². The van der Waals surface area contributed by atoms with Crippen molar-refractivity contribution in [3.05, 3.63) is 60.2 Å². The monoisotopic (exact) mass is 287 g/mol. The van der Waals surface area contributed by atoms with Crippen molar-refractivity contribution in [3.8, 4) is 0 Å². The van der Waals surface area contributed by atoms with Crippen LogP contribution >= 0.6 is 0 Å². The maximum Gasteiger partial charge on any atom is 0.0698 e. The van der Waals surface area contributed by atoms with Gasteiger partial charge in [-0.25, -0.2) is 0 Å². The third kappa shape index (κ3) is 5.99. The number of aliphatic hydroxyl groups excluding tert-OH is 1. The van der Waals surface area contributed by atoms with E-state index in [1.54, 1.807) is 12.4 Å². The molecule has 0 bridgehead atoms. The normalized spacial score (nSPS) is 11.0. The molecule has 0 amide bonds. The quantitative estimate of drug-likeness (QED) is 0.708. The average molecular weight is 287 g/mol. The number of rotatable bonds is 9. The fourth-order valence-corrected chi connectivity index (χ4v) is 2.02. The van der Waals surface area contributed by atoms with E-state index in [1.807, 2.05) is 36.4 Å². The standard InChI is InChI=1S/C16H21N3O2/c20-10-12-21-11-9-19(13-15-5-1-3-7-17-15)14-16-6-2-4-8-18-16/h1-8,20H,9-14H2. The summed E-state index contributed by atoms with van der Waals surface area (Å²) >= 11 is 0. The maximum atomic E-state index is 8.74. The second kappa shape index (κ2) is 9.18. The summed E-state index contributed by atoms with van der Waals surface area (Å²) in [7, 11) is 0. The second-order valence-electron chi connectivity index (χ2n) is 4.69. The molecule has 0 aliphatic rings.